The number of hydrogen-bond donors (Lipinski definition) is 0. The number of rotatable bonds is 8. The zero-order chi connectivity index (χ0) is 26.5. The van der Waals surface area contributed by atoms with Crippen LogP contribution in [0.5, 0.6) is 0 Å². The number of thiocarbonyl (C=S) groups is 1. The molecule has 4 rings (SSSR count). The maximum atomic E-state index is 13.4. The molecule has 0 N–H and O–H groups in total. The Kier molecular flexibility index (Phi) is 8.64. The second kappa shape index (κ2) is 11.9. The Morgan fingerprint density at radius 3 is 2.49 bits per heavy atom. The number of hydrogen-bond acceptors (Lipinski definition) is 7. The van der Waals surface area contributed by atoms with Crippen molar-refractivity contribution < 1.29 is 4.79 Å². The van der Waals surface area contributed by atoms with Crippen molar-refractivity contribution in [3.8, 4) is 6.07 Å². The van der Waals surface area contributed by atoms with Gasteiger partial charge in [-0.05, 0) is 30.5 Å². The van der Waals surface area contributed by atoms with Crippen molar-refractivity contribution in [1.82, 2.24) is 14.4 Å². The molecule has 3 heterocycles. The second-order valence-electron chi connectivity index (χ2n) is 9.14. The van der Waals surface area contributed by atoms with Gasteiger partial charge in [-0.15, -0.1) is 6.58 Å². The average molecular weight is 534 g/mol. The standard InChI is InChI=1S/C28H31N5O2S2/c1-4-11-32-25(31-15-13-30(14-16-31)19-21-9-7-6-8-10-21)22(20(3)23(18-29)26(32)34)17-24-27(35)33(12-5-2)28(36)37-24/h5-10,17H,2,4,11-16,19H2,1,3H3/b24-17-. The summed E-state index contributed by atoms with van der Waals surface area (Å²) in [4.78, 5) is 33.1. The number of carbonyl (C=O) groups is 1. The summed E-state index contributed by atoms with van der Waals surface area (Å²) in [6.07, 6.45) is 4.21. The number of aromatic nitrogens is 1. The van der Waals surface area contributed by atoms with E-state index in [9.17, 15) is 14.9 Å². The second-order valence-corrected chi connectivity index (χ2v) is 10.8. The van der Waals surface area contributed by atoms with Crippen LogP contribution in [-0.2, 0) is 17.9 Å². The quantitative estimate of drug-likeness (QED) is 0.287. The fourth-order valence-electron chi connectivity index (χ4n) is 4.79. The molecule has 37 heavy (non-hydrogen) atoms. The first-order chi connectivity index (χ1) is 17.9. The lowest BCUT2D eigenvalue weighted by Crippen LogP contribution is -2.48. The smallest absolute Gasteiger partial charge is 0.270 e. The number of benzene rings is 1. The molecule has 2 aliphatic rings. The van der Waals surface area contributed by atoms with Gasteiger partial charge in [0.2, 0.25) is 0 Å². The normalized spacial score (nSPS) is 17.5. The molecule has 0 radical (unpaired) electrons. The maximum absolute atomic E-state index is 13.4. The lowest BCUT2D eigenvalue weighted by Gasteiger charge is -2.38. The van der Waals surface area contributed by atoms with Crippen molar-refractivity contribution in [2.75, 3.05) is 37.6 Å². The van der Waals surface area contributed by atoms with Gasteiger partial charge in [-0.2, -0.15) is 5.26 Å². The first-order valence-electron chi connectivity index (χ1n) is 12.4. The minimum absolute atomic E-state index is 0.118. The molecule has 9 heteroatoms. The number of thioether (sulfide) groups is 1. The maximum Gasteiger partial charge on any atom is 0.270 e. The Bertz CT molecular complexity index is 1340. The Balaban J connectivity index is 1.74. The highest BCUT2D eigenvalue weighted by molar-refractivity contribution is 8.26. The predicted octanol–water partition coefficient (Wildman–Crippen LogP) is 4.15. The highest BCUT2D eigenvalue weighted by Gasteiger charge is 2.33. The van der Waals surface area contributed by atoms with Crippen LogP contribution in [-0.4, -0.2) is 57.3 Å². The number of pyridine rings is 1. The minimum atomic E-state index is -0.278. The lowest BCUT2D eigenvalue weighted by molar-refractivity contribution is -0.121. The van der Waals surface area contributed by atoms with E-state index in [0.29, 0.717) is 27.9 Å². The number of amides is 1. The Labute approximate surface area is 227 Å². The van der Waals surface area contributed by atoms with Crippen LogP contribution in [0.15, 0.2) is 52.7 Å². The van der Waals surface area contributed by atoms with Crippen molar-refractivity contribution in [3.05, 3.63) is 80.5 Å². The number of piperazine rings is 1. The van der Waals surface area contributed by atoms with Gasteiger partial charge in [0, 0.05) is 51.4 Å². The summed E-state index contributed by atoms with van der Waals surface area (Å²) in [7, 11) is 0. The number of anilines is 1. The molecule has 0 bridgehead atoms. The summed E-state index contributed by atoms with van der Waals surface area (Å²) in [6.45, 7) is 12.4. The summed E-state index contributed by atoms with van der Waals surface area (Å²) >= 11 is 6.67. The predicted molar refractivity (Wildman–Crippen MR) is 154 cm³/mol. The molecule has 2 aromatic rings. The van der Waals surface area contributed by atoms with Crippen LogP contribution < -0.4 is 10.5 Å². The minimum Gasteiger partial charge on any atom is -0.355 e. The van der Waals surface area contributed by atoms with E-state index in [-0.39, 0.29) is 17.0 Å². The van der Waals surface area contributed by atoms with E-state index in [1.165, 1.54) is 22.2 Å². The third kappa shape index (κ3) is 5.57. The SMILES string of the molecule is C=CCN1C(=O)/C(=C/c2c(C)c(C#N)c(=O)n(CCC)c2N2CCN(Cc3ccccc3)CC2)SC1=S. The summed E-state index contributed by atoms with van der Waals surface area (Å²) in [5.41, 5.74) is 2.44. The van der Waals surface area contributed by atoms with Crippen molar-refractivity contribution in [2.45, 2.75) is 33.4 Å². The number of nitrogens with zero attached hydrogens (tertiary/aromatic N) is 5. The summed E-state index contributed by atoms with van der Waals surface area (Å²) in [5.74, 6) is 0.594. The van der Waals surface area contributed by atoms with Gasteiger partial charge in [0.15, 0.2) is 0 Å². The average Bonchev–Trinajstić information content (AvgIpc) is 3.16. The zero-order valence-electron chi connectivity index (χ0n) is 21.3. The topological polar surface area (TPSA) is 72.6 Å². The molecule has 1 amide bonds. The largest absolute Gasteiger partial charge is 0.355 e. The number of nitriles is 1. The monoisotopic (exact) mass is 533 g/mol. The van der Waals surface area contributed by atoms with Gasteiger partial charge in [-0.3, -0.25) is 24.0 Å². The van der Waals surface area contributed by atoms with Crippen molar-refractivity contribution in [2.24, 2.45) is 0 Å². The van der Waals surface area contributed by atoms with Gasteiger partial charge < -0.3 is 4.90 Å². The van der Waals surface area contributed by atoms with Crippen LogP contribution in [0.1, 0.15) is 35.6 Å². The molecular formula is C28H31N5O2S2. The van der Waals surface area contributed by atoms with Gasteiger partial charge in [-0.1, -0.05) is 67.3 Å². The summed E-state index contributed by atoms with van der Waals surface area (Å²) in [6, 6.07) is 12.5. The highest BCUT2D eigenvalue weighted by Crippen LogP contribution is 2.36. The third-order valence-corrected chi connectivity index (χ3v) is 8.05. The van der Waals surface area contributed by atoms with E-state index in [1.54, 1.807) is 17.6 Å². The van der Waals surface area contributed by atoms with Crippen LogP contribution >= 0.6 is 24.0 Å². The molecule has 7 nitrogen and oxygen atoms in total. The zero-order valence-corrected chi connectivity index (χ0v) is 22.9. The fourth-order valence-corrected chi connectivity index (χ4v) is 6.05. The molecule has 2 saturated heterocycles. The molecule has 192 valence electrons. The Hall–Kier alpha value is -3.19. The van der Waals surface area contributed by atoms with Gasteiger partial charge in [0.05, 0.1) is 4.91 Å². The van der Waals surface area contributed by atoms with E-state index in [1.807, 2.05) is 19.1 Å². The first-order valence-corrected chi connectivity index (χ1v) is 13.7. The Morgan fingerprint density at radius 1 is 1.16 bits per heavy atom. The van der Waals surface area contributed by atoms with Gasteiger partial charge in [0.1, 0.15) is 21.8 Å². The van der Waals surface area contributed by atoms with E-state index < -0.39 is 0 Å². The molecule has 1 aromatic carbocycles. The fraction of sp³-hybridized carbons (Fsp3) is 0.357. The van der Waals surface area contributed by atoms with E-state index in [4.69, 9.17) is 12.2 Å². The van der Waals surface area contributed by atoms with Gasteiger partial charge in [-0.25, -0.2) is 0 Å². The van der Waals surface area contributed by atoms with Crippen molar-refractivity contribution >= 4 is 46.1 Å². The highest BCUT2D eigenvalue weighted by atomic mass is 32.2. The molecule has 0 atom stereocenters. The molecule has 2 aliphatic heterocycles. The van der Waals surface area contributed by atoms with Crippen LogP contribution in [0.25, 0.3) is 6.08 Å². The lowest BCUT2D eigenvalue weighted by atomic mass is 10.0. The first kappa shape index (κ1) is 26.9. The summed E-state index contributed by atoms with van der Waals surface area (Å²) < 4.78 is 2.20. The third-order valence-electron chi connectivity index (χ3n) is 6.68. The van der Waals surface area contributed by atoms with Crippen LogP contribution in [0.3, 0.4) is 0 Å². The molecule has 0 saturated carbocycles. The number of carbonyl (C=O) groups excluding carboxylic acids is 1. The Morgan fingerprint density at radius 2 is 1.86 bits per heavy atom. The van der Waals surface area contributed by atoms with Crippen LogP contribution in [0, 0.1) is 18.3 Å². The van der Waals surface area contributed by atoms with E-state index in [0.717, 1.165) is 50.5 Å². The van der Waals surface area contributed by atoms with E-state index >= 15 is 0 Å². The molecule has 2 fully saturated rings. The van der Waals surface area contributed by atoms with Crippen molar-refractivity contribution in [3.63, 3.8) is 0 Å². The molecule has 0 unspecified atom stereocenters. The van der Waals surface area contributed by atoms with E-state index in [2.05, 4.69) is 46.7 Å². The van der Waals surface area contributed by atoms with Crippen LogP contribution in [0.2, 0.25) is 0 Å². The van der Waals surface area contributed by atoms with Crippen LogP contribution in [0.4, 0.5) is 5.82 Å². The van der Waals surface area contributed by atoms with Crippen molar-refractivity contribution in [1.29, 1.82) is 5.26 Å². The molecule has 1 aromatic heterocycles. The molecule has 0 aliphatic carbocycles. The summed E-state index contributed by atoms with van der Waals surface area (Å²) in [5, 5.41) is 9.84. The molecule has 0 spiro atoms. The van der Waals surface area contributed by atoms with Gasteiger partial charge in [0.25, 0.3) is 11.5 Å². The molecular weight excluding hydrogens is 502 g/mol. The van der Waals surface area contributed by atoms with Gasteiger partial charge >= 0.3 is 0 Å².